The van der Waals surface area contributed by atoms with Gasteiger partial charge < -0.3 is 21.1 Å². The summed E-state index contributed by atoms with van der Waals surface area (Å²) in [6.45, 7) is 3.64. The van der Waals surface area contributed by atoms with Gasteiger partial charge in [-0.2, -0.15) is 0 Å². The molecule has 1 aliphatic rings. The van der Waals surface area contributed by atoms with Gasteiger partial charge in [-0.15, -0.1) is 0 Å². The Bertz CT molecular complexity index is 163. The van der Waals surface area contributed by atoms with Crippen LogP contribution in [-0.4, -0.2) is 42.9 Å². The first-order valence-corrected chi connectivity index (χ1v) is 4.17. The highest BCUT2D eigenvalue weighted by Gasteiger charge is 2.25. The Morgan fingerprint density at radius 3 is 2.92 bits per heavy atom. The lowest BCUT2D eigenvalue weighted by atomic mass is 10.2. The third-order valence-corrected chi connectivity index (χ3v) is 1.84. The molecule has 0 aromatic rings. The van der Waals surface area contributed by atoms with Gasteiger partial charge in [-0.05, 0) is 6.92 Å². The van der Waals surface area contributed by atoms with Crippen molar-refractivity contribution in [2.75, 3.05) is 19.6 Å². The standard InChI is InChI=1S/C7H15N3O2/c1-2-9-7(12)10-5-3-8-4-6(5)11/h5-6,8,11H,2-4H2,1H3,(H2,9,10,12). The average molecular weight is 173 g/mol. The number of aliphatic hydroxyl groups is 1. The lowest BCUT2D eigenvalue weighted by Gasteiger charge is -2.15. The van der Waals surface area contributed by atoms with Crippen LogP contribution in [0.25, 0.3) is 0 Å². The van der Waals surface area contributed by atoms with Gasteiger partial charge in [-0.25, -0.2) is 4.79 Å². The molecule has 0 aliphatic carbocycles. The molecule has 12 heavy (non-hydrogen) atoms. The number of urea groups is 1. The molecule has 2 atom stereocenters. The second kappa shape index (κ2) is 4.27. The monoisotopic (exact) mass is 173 g/mol. The van der Waals surface area contributed by atoms with E-state index in [1.54, 1.807) is 0 Å². The van der Waals surface area contributed by atoms with Crippen LogP contribution in [0.15, 0.2) is 0 Å². The van der Waals surface area contributed by atoms with Crippen molar-refractivity contribution in [3.63, 3.8) is 0 Å². The van der Waals surface area contributed by atoms with Crippen LogP contribution in [0.2, 0.25) is 0 Å². The van der Waals surface area contributed by atoms with Gasteiger partial charge in [0.25, 0.3) is 0 Å². The van der Waals surface area contributed by atoms with Crippen molar-refractivity contribution in [1.29, 1.82) is 0 Å². The van der Waals surface area contributed by atoms with Crippen molar-refractivity contribution in [3.05, 3.63) is 0 Å². The zero-order valence-corrected chi connectivity index (χ0v) is 7.13. The lowest BCUT2D eigenvalue weighted by molar-refractivity contribution is 0.162. The molecule has 1 fully saturated rings. The Balaban J connectivity index is 2.25. The minimum absolute atomic E-state index is 0.156. The summed E-state index contributed by atoms with van der Waals surface area (Å²) < 4.78 is 0. The normalized spacial score (nSPS) is 28.5. The fourth-order valence-corrected chi connectivity index (χ4v) is 1.19. The molecule has 5 nitrogen and oxygen atoms in total. The lowest BCUT2D eigenvalue weighted by Crippen LogP contribution is -2.47. The molecule has 1 saturated heterocycles. The molecule has 0 aromatic carbocycles. The van der Waals surface area contributed by atoms with E-state index in [-0.39, 0.29) is 12.1 Å². The number of β-amino-alcohol motifs (C(OH)–C–C–N with tert-alkyl or cyclic N) is 1. The predicted molar refractivity (Wildman–Crippen MR) is 44.9 cm³/mol. The fraction of sp³-hybridized carbons (Fsp3) is 0.857. The van der Waals surface area contributed by atoms with Gasteiger partial charge in [0.2, 0.25) is 0 Å². The number of carbonyl (C=O) groups is 1. The van der Waals surface area contributed by atoms with Crippen LogP contribution in [0.5, 0.6) is 0 Å². The van der Waals surface area contributed by atoms with Gasteiger partial charge >= 0.3 is 6.03 Å². The molecule has 1 rings (SSSR count). The van der Waals surface area contributed by atoms with Crippen LogP contribution >= 0.6 is 0 Å². The zero-order chi connectivity index (χ0) is 8.97. The summed E-state index contributed by atoms with van der Waals surface area (Å²) >= 11 is 0. The highest BCUT2D eigenvalue weighted by Crippen LogP contribution is 1.98. The zero-order valence-electron chi connectivity index (χ0n) is 7.13. The Hall–Kier alpha value is -0.810. The number of hydrogen-bond donors (Lipinski definition) is 4. The highest BCUT2D eigenvalue weighted by molar-refractivity contribution is 5.74. The molecule has 1 aliphatic heterocycles. The van der Waals surface area contributed by atoms with Gasteiger partial charge in [0.05, 0.1) is 12.1 Å². The summed E-state index contributed by atoms with van der Waals surface area (Å²) in [5.74, 6) is 0. The van der Waals surface area contributed by atoms with Gasteiger partial charge in [-0.1, -0.05) is 0 Å². The van der Waals surface area contributed by atoms with Crippen LogP contribution in [0, 0.1) is 0 Å². The average Bonchev–Trinajstić information content (AvgIpc) is 2.37. The molecule has 0 bridgehead atoms. The van der Waals surface area contributed by atoms with Gasteiger partial charge in [0, 0.05) is 19.6 Å². The van der Waals surface area contributed by atoms with Crippen molar-refractivity contribution in [3.8, 4) is 0 Å². The smallest absolute Gasteiger partial charge is 0.315 e. The van der Waals surface area contributed by atoms with E-state index in [2.05, 4.69) is 16.0 Å². The molecule has 1 heterocycles. The molecule has 2 amide bonds. The quantitative estimate of drug-likeness (QED) is 0.416. The fourth-order valence-electron chi connectivity index (χ4n) is 1.19. The summed E-state index contributed by atoms with van der Waals surface area (Å²) in [7, 11) is 0. The molecule has 0 radical (unpaired) electrons. The van der Waals surface area contributed by atoms with Crippen molar-refractivity contribution in [1.82, 2.24) is 16.0 Å². The van der Waals surface area contributed by atoms with E-state index in [9.17, 15) is 9.90 Å². The van der Waals surface area contributed by atoms with Gasteiger partial charge in [0.15, 0.2) is 0 Å². The summed E-state index contributed by atoms with van der Waals surface area (Å²) in [6, 6.07) is -0.373. The third-order valence-electron chi connectivity index (χ3n) is 1.84. The van der Waals surface area contributed by atoms with E-state index in [1.165, 1.54) is 0 Å². The molecule has 0 spiro atoms. The second-order valence-corrected chi connectivity index (χ2v) is 2.84. The van der Waals surface area contributed by atoms with E-state index < -0.39 is 6.10 Å². The highest BCUT2D eigenvalue weighted by atomic mass is 16.3. The summed E-state index contributed by atoms with van der Waals surface area (Å²) in [6.07, 6.45) is -0.465. The van der Waals surface area contributed by atoms with Crippen molar-refractivity contribution in [2.24, 2.45) is 0 Å². The maximum absolute atomic E-state index is 11.0. The molecule has 70 valence electrons. The molecular formula is C7H15N3O2. The second-order valence-electron chi connectivity index (χ2n) is 2.84. The largest absolute Gasteiger partial charge is 0.390 e. The molecule has 2 unspecified atom stereocenters. The number of carbonyl (C=O) groups excluding carboxylic acids is 1. The maximum Gasteiger partial charge on any atom is 0.315 e. The first-order chi connectivity index (χ1) is 5.74. The number of nitrogens with one attached hydrogen (secondary N) is 3. The van der Waals surface area contributed by atoms with Crippen LogP contribution in [0.3, 0.4) is 0 Å². The van der Waals surface area contributed by atoms with E-state index in [1.807, 2.05) is 6.92 Å². The first-order valence-electron chi connectivity index (χ1n) is 4.17. The SMILES string of the molecule is CCNC(=O)NC1CNCC1O. The Labute approximate surface area is 71.5 Å². The Morgan fingerprint density at radius 1 is 1.67 bits per heavy atom. The third kappa shape index (κ3) is 2.35. The summed E-state index contributed by atoms with van der Waals surface area (Å²) in [5.41, 5.74) is 0. The summed E-state index contributed by atoms with van der Waals surface area (Å²) in [5, 5.41) is 17.5. The van der Waals surface area contributed by atoms with E-state index >= 15 is 0 Å². The van der Waals surface area contributed by atoms with Crippen LogP contribution in [0.1, 0.15) is 6.92 Å². The molecule has 0 saturated carbocycles. The Morgan fingerprint density at radius 2 is 2.42 bits per heavy atom. The predicted octanol–water partition coefficient (Wildman–Crippen LogP) is -1.36. The molecule has 0 aromatic heterocycles. The van der Waals surface area contributed by atoms with E-state index in [4.69, 9.17) is 0 Å². The van der Waals surface area contributed by atoms with Crippen LogP contribution < -0.4 is 16.0 Å². The molecule has 4 N–H and O–H groups in total. The van der Waals surface area contributed by atoms with Gasteiger partial charge in [-0.3, -0.25) is 0 Å². The van der Waals surface area contributed by atoms with E-state index in [0.29, 0.717) is 19.6 Å². The van der Waals surface area contributed by atoms with Crippen molar-refractivity contribution >= 4 is 6.03 Å². The van der Waals surface area contributed by atoms with Crippen LogP contribution in [-0.2, 0) is 0 Å². The number of hydrogen-bond acceptors (Lipinski definition) is 3. The first kappa shape index (κ1) is 9.28. The van der Waals surface area contributed by atoms with Crippen LogP contribution in [0.4, 0.5) is 4.79 Å². The van der Waals surface area contributed by atoms with Crippen molar-refractivity contribution in [2.45, 2.75) is 19.1 Å². The summed E-state index contributed by atoms with van der Waals surface area (Å²) in [4.78, 5) is 11.0. The Kier molecular flexibility index (Phi) is 3.31. The minimum Gasteiger partial charge on any atom is -0.390 e. The van der Waals surface area contributed by atoms with Crippen molar-refractivity contribution < 1.29 is 9.90 Å². The van der Waals surface area contributed by atoms with Gasteiger partial charge in [0.1, 0.15) is 0 Å². The van der Waals surface area contributed by atoms with E-state index in [0.717, 1.165) is 0 Å². The number of amides is 2. The molecular weight excluding hydrogens is 158 g/mol. The maximum atomic E-state index is 11.0. The minimum atomic E-state index is -0.465. The number of aliphatic hydroxyl groups excluding tert-OH is 1. The molecule has 5 heteroatoms. The topological polar surface area (TPSA) is 73.4 Å². The number of rotatable bonds is 2.